The Morgan fingerprint density at radius 1 is 0.933 bits per heavy atom. The highest BCUT2D eigenvalue weighted by atomic mass is 16.5. The predicted molar refractivity (Wildman–Crippen MR) is 115 cm³/mol. The summed E-state index contributed by atoms with van der Waals surface area (Å²) in [6, 6.07) is 15.2. The van der Waals surface area contributed by atoms with Gasteiger partial charge in [0.2, 0.25) is 0 Å². The van der Waals surface area contributed by atoms with E-state index in [4.69, 9.17) is 14.2 Å². The first-order chi connectivity index (χ1) is 14.6. The van der Waals surface area contributed by atoms with E-state index >= 15 is 0 Å². The van der Waals surface area contributed by atoms with Gasteiger partial charge in [-0.3, -0.25) is 9.69 Å². The van der Waals surface area contributed by atoms with Crippen LogP contribution in [0.3, 0.4) is 0 Å². The number of nitrogens with zero attached hydrogens (tertiary/aromatic N) is 1. The maximum atomic E-state index is 13.1. The first kappa shape index (κ1) is 20.5. The number of rotatable bonds is 7. The molecule has 30 heavy (non-hydrogen) atoms. The first-order valence-electron chi connectivity index (χ1n) is 10.5. The lowest BCUT2D eigenvalue weighted by Gasteiger charge is -2.39. The van der Waals surface area contributed by atoms with Crippen molar-refractivity contribution in [1.29, 1.82) is 0 Å². The summed E-state index contributed by atoms with van der Waals surface area (Å²) in [7, 11) is 4.68. The normalized spacial score (nSPS) is 23.1. The van der Waals surface area contributed by atoms with Gasteiger partial charge in [-0.2, -0.15) is 0 Å². The second kappa shape index (κ2) is 8.96. The van der Waals surface area contributed by atoms with Gasteiger partial charge in [0.1, 0.15) is 5.75 Å². The van der Waals surface area contributed by atoms with Crippen molar-refractivity contribution in [3.05, 3.63) is 53.6 Å². The van der Waals surface area contributed by atoms with Gasteiger partial charge in [0.05, 0.1) is 26.9 Å². The third-order valence-electron chi connectivity index (χ3n) is 6.38. The fraction of sp³-hybridized carbons (Fsp3) is 0.458. The topological polar surface area (TPSA) is 60.0 Å². The minimum atomic E-state index is -0.131. The average molecular weight is 411 g/mol. The average Bonchev–Trinajstić information content (AvgIpc) is 3.00. The molecule has 0 aromatic heterocycles. The van der Waals surface area contributed by atoms with Gasteiger partial charge in [-0.15, -0.1) is 0 Å². The first-order valence-corrected chi connectivity index (χ1v) is 10.5. The molecule has 160 valence electrons. The third kappa shape index (κ3) is 4.10. The highest BCUT2D eigenvalue weighted by molar-refractivity contribution is 5.98. The Hall–Kier alpha value is -2.73. The molecule has 2 saturated heterocycles. The van der Waals surface area contributed by atoms with Crippen LogP contribution in [0.2, 0.25) is 0 Å². The molecule has 2 unspecified atom stereocenters. The molecule has 6 nitrogen and oxygen atoms in total. The number of benzene rings is 2. The number of nitrogens with one attached hydrogen (secondary N) is 1. The third-order valence-corrected chi connectivity index (χ3v) is 6.38. The lowest BCUT2D eigenvalue weighted by molar-refractivity contribution is 0.0825. The van der Waals surface area contributed by atoms with Crippen LogP contribution in [-0.2, 0) is 6.54 Å². The second-order valence-corrected chi connectivity index (χ2v) is 8.09. The fourth-order valence-corrected chi connectivity index (χ4v) is 4.91. The number of methoxy groups -OCH3 is 3. The molecule has 2 bridgehead atoms. The Bertz CT molecular complexity index is 872. The zero-order valence-electron chi connectivity index (χ0n) is 17.9. The quantitative estimate of drug-likeness (QED) is 0.755. The zero-order valence-corrected chi connectivity index (χ0v) is 17.9. The van der Waals surface area contributed by atoms with Crippen molar-refractivity contribution >= 4 is 5.91 Å². The number of hydrogen-bond acceptors (Lipinski definition) is 5. The molecular formula is C24H30N2O4. The number of hydrogen-bond donors (Lipinski definition) is 1. The molecule has 4 rings (SSSR count). The van der Waals surface area contributed by atoms with Crippen LogP contribution >= 0.6 is 0 Å². The van der Waals surface area contributed by atoms with Crippen LogP contribution in [0.25, 0.3) is 0 Å². The minimum Gasteiger partial charge on any atom is -0.496 e. The summed E-state index contributed by atoms with van der Waals surface area (Å²) in [5.74, 6) is 1.41. The molecule has 2 atom stereocenters. The van der Waals surface area contributed by atoms with Gasteiger partial charge in [0, 0.05) is 36.8 Å². The summed E-state index contributed by atoms with van der Waals surface area (Å²) < 4.78 is 16.1. The van der Waals surface area contributed by atoms with E-state index in [1.54, 1.807) is 33.5 Å². The molecule has 2 fully saturated rings. The van der Waals surface area contributed by atoms with Crippen molar-refractivity contribution in [1.82, 2.24) is 10.2 Å². The summed E-state index contributed by atoms with van der Waals surface area (Å²) in [4.78, 5) is 15.7. The van der Waals surface area contributed by atoms with Crippen LogP contribution in [0.5, 0.6) is 17.2 Å². The number of amides is 1. The molecule has 6 heteroatoms. The van der Waals surface area contributed by atoms with E-state index in [1.165, 1.54) is 18.4 Å². The minimum absolute atomic E-state index is 0.131. The van der Waals surface area contributed by atoms with Crippen molar-refractivity contribution in [2.45, 2.75) is 50.4 Å². The van der Waals surface area contributed by atoms with Crippen LogP contribution in [0.15, 0.2) is 42.5 Å². The molecule has 0 aliphatic carbocycles. The van der Waals surface area contributed by atoms with Crippen LogP contribution in [0, 0.1) is 0 Å². The monoisotopic (exact) mass is 410 g/mol. The molecule has 2 aromatic carbocycles. The molecule has 1 N–H and O–H groups in total. The highest BCUT2D eigenvalue weighted by Gasteiger charge is 2.41. The Labute approximate surface area is 178 Å². The molecule has 0 radical (unpaired) electrons. The second-order valence-electron chi connectivity index (χ2n) is 8.09. The molecule has 2 aliphatic rings. The van der Waals surface area contributed by atoms with Gasteiger partial charge < -0.3 is 19.5 Å². The lowest BCUT2D eigenvalue weighted by Crippen LogP contribution is -2.50. The largest absolute Gasteiger partial charge is 0.496 e. The van der Waals surface area contributed by atoms with Crippen molar-refractivity contribution in [2.24, 2.45) is 0 Å². The van der Waals surface area contributed by atoms with Gasteiger partial charge in [-0.25, -0.2) is 0 Å². The summed E-state index contributed by atoms with van der Waals surface area (Å²) in [5.41, 5.74) is 1.82. The summed E-state index contributed by atoms with van der Waals surface area (Å²) in [6.45, 7) is 0.986. The van der Waals surface area contributed by atoms with Gasteiger partial charge >= 0.3 is 0 Å². The van der Waals surface area contributed by atoms with Crippen LogP contribution in [0.1, 0.15) is 41.6 Å². The van der Waals surface area contributed by atoms with Crippen LogP contribution < -0.4 is 19.5 Å². The van der Waals surface area contributed by atoms with E-state index in [0.717, 1.165) is 19.4 Å². The Morgan fingerprint density at radius 3 is 2.13 bits per heavy atom. The van der Waals surface area contributed by atoms with Gasteiger partial charge in [0.15, 0.2) is 11.5 Å². The maximum Gasteiger partial charge on any atom is 0.255 e. The number of carbonyl (C=O) groups is 1. The van der Waals surface area contributed by atoms with Crippen molar-refractivity contribution in [3.63, 3.8) is 0 Å². The summed E-state index contributed by atoms with van der Waals surface area (Å²) in [6.07, 6.45) is 4.35. The molecule has 0 saturated carbocycles. The van der Waals surface area contributed by atoms with Crippen molar-refractivity contribution < 1.29 is 19.0 Å². The number of fused-ring (bicyclic) bond motifs is 2. The number of carbonyl (C=O) groups excluding carboxylic acids is 1. The smallest absolute Gasteiger partial charge is 0.255 e. The molecule has 2 aromatic rings. The van der Waals surface area contributed by atoms with Crippen LogP contribution in [0.4, 0.5) is 0 Å². The molecular weight excluding hydrogens is 380 g/mol. The van der Waals surface area contributed by atoms with Crippen molar-refractivity contribution in [2.75, 3.05) is 21.3 Å². The van der Waals surface area contributed by atoms with Crippen LogP contribution in [-0.4, -0.2) is 50.3 Å². The SMILES string of the molecule is COc1cc(OC)c(C(=O)NC2CC3CCC(C2)N3Cc2ccccc2)cc1OC. The van der Waals surface area contributed by atoms with E-state index in [-0.39, 0.29) is 11.9 Å². The Morgan fingerprint density at radius 2 is 1.53 bits per heavy atom. The Kier molecular flexibility index (Phi) is 6.13. The summed E-state index contributed by atoms with van der Waals surface area (Å²) in [5, 5.41) is 3.24. The molecule has 2 heterocycles. The maximum absolute atomic E-state index is 13.1. The van der Waals surface area contributed by atoms with Gasteiger partial charge in [-0.1, -0.05) is 30.3 Å². The van der Waals surface area contributed by atoms with Crippen molar-refractivity contribution in [3.8, 4) is 17.2 Å². The molecule has 2 aliphatic heterocycles. The van der Waals surface area contributed by atoms with E-state index in [9.17, 15) is 4.79 Å². The van der Waals surface area contributed by atoms with E-state index in [0.29, 0.717) is 34.9 Å². The van der Waals surface area contributed by atoms with E-state index in [2.05, 4.69) is 40.5 Å². The Balaban J connectivity index is 1.44. The van der Waals surface area contributed by atoms with E-state index < -0.39 is 0 Å². The zero-order chi connectivity index (χ0) is 21.1. The van der Waals surface area contributed by atoms with Gasteiger partial charge in [-0.05, 0) is 31.2 Å². The molecule has 1 amide bonds. The highest BCUT2D eigenvalue weighted by Crippen LogP contribution is 2.38. The summed E-state index contributed by atoms with van der Waals surface area (Å²) >= 11 is 0. The molecule has 0 spiro atoms. The lowest BCUT2D eigenvalue weighted by atomic mass is 9.96. The fourth-order valence-electron chi connectivity index (χ4n) is 4.91. The predicted octanol–water partition coefficient (Wildman–Crippen LogP) is 3.64. The van der Waals surface area contributed by atoms with E-state index in [1.807, 2.05) is 0 Å². The number of piperidine rings is 1. The number of ether oxygens (including phenoxy) is 3. The van der Waals surface area contributed by atoms with Gasteiger partial charge in [0.25, 0.3) is 5.91 Å². The standard InChI is InChI=1S/C24H30N2O4/c1-28-21-14-23(30-3)22(29-2)13-20(21)24(27)25-17-11-18-9-10-19(12-17)26(18)15-16-7-5-4-6-8-16/h4-8,13-14,17-19H,9-12,15H2,1-3H3,(H,25,27).